The van der Waals surface area contributed by atoms with Gasteiger partial charge in [0, 0.05) is 19.3 Å². The molecule has 0 aliphatic carbocycles. The van der Waals surface area contributed by atoms with E-state index in [1.165, 1.54) is 16.8 Å². The summed E-state index contributed by atoms with van der Waals surface area (Å²) in [6.07, 6.45) is 4.14. The van der Waals surface area contributed by atoms with Crippen molar-refractivity contribution in [2.75, 3.05) is 25.1 Å². The molecule has 1 aromatic rings. The van der Waals surface area contributed by atoms with Crippen LogP contribution in [0.3, 0.4) is 0 Å². The van der Waals surface area contributed by atoms with Gasteiger partial charge in [-0.1, -0.05) is 19.1 Å². The molecule has 0 radical (unpaired) electrons. The molecule has 0 atom stereocenters. The minimum absolute atomic E-state index is 0.160. The molecule has 0 fully saturated rings. The van der Waals surface area contributed by atoms with Gasteiger partial charge in [0.05, 0.1) is 6.61 Å². The molecular weight excluding hydrogens is 198 g/mol. The second kappa shape index (κ2) is 4.71. The van der Waals surface area contributed by atoms with Gasteiger partial charge in [0.1, 0.15) is 0 Å². The fraction of sp³-hybridized carbons (Fsp3) is 0.429. The fourth-order valence-electron chi connectivity index (χ4n) is 2.17. The van der Waals surface area contributed by atoms with Crippen molar-refractivity contribution in [2.24, 2.45) is 0 Å². The van der Waals surface area contributed by atoms with Gasteiger partial charge in [0.2, 0.25) is 0 Å². The fourth-order valence-corrected chi connectivity index (χ4v) is 2.17. The van der Waals surface area contributed by atoms with Crippen molar-refractivity contribution in [3.05, 3.63) is 34.9 Å². The van der Waals surface area contributed by atoms with E-state index in [2.05, 4.69) is 43.1 Å². The van der Waals surface area contributed by atoms with Gasteiger partial charge in [0.25, 0.3) is 0 Å². The molecule has 1 heterocycles. The van der Waals surface area contributed by atoms with Gasteiger partial charge in [-0.05, 0) is 41.7 Å². The monoisotopic (exact) mass is 217 g/mol. The van der Waals surface area contributed by atoms with Crippen molar-refractivity contribution in [3.63, 3.8) is 0 Å². The molecule has 0 aromatic heterocycles. The highest BCUT2D eigenvalue weighted by molar-refractivity contribution is 5.64. The van der Waals surface area contributed by atoms with Crippen LogP contribution in [0, 0.1) is 0 Å². The summed E-state index contributed by atoms with van der Waals surface area (Å²) in [5, 5.41) is 9.15. The molecule has 1 aromatic carbocycles. The normalized spacial score (nSPS) is 15.4. The molecule has 1 aliphatic heterocycles. The number of rotatable bonds is 3. The summed E-state index contributed by atoms with van der Waals surface area (Å²) in [7, 11) is 2.13. The molecule has 0 saturated carbocycles. The quantitative estimate of drug-likeness (QED) is 0.840. The van der Waals surface area contributed by atoms with Crippen molar-refractivity contribution < 1.29 is 5.11 Å². The van der Waals surface area contributed by atoms with Crippen LogP contribution in [0.4, 0.5) is 5.69 Å². The number of hydrogen-bond acceptors (Lipinski definition) is 2. The van der Waals surface area contributed by atoms with Crippen molar-refractivity contribution in [1.29, 1.82) is 0 Å². The van der Waals surface area contributed by atoms with Crippen molar-refractivity contribution in [3.8, 4) is 0 Å². The number of nitrogens with zero attached hydrogens (tertiary/aromatic N) is 1. The van der Waals surface area contributed by atoms with Crippen molar-refractivity contribution >= 4 is 11.8 Å². The lowest BCUT2D eigenvalue weighted by atomic mass is 10.1. The average Bonchev–Trinajstić information content (AvgIpc) is 2.68. The third-order valence-electron chi connectivity index (χ3n) is 3.26. The van der Waals surface area contributed by atoms with E-state index in [1.807, 2.05) is 0 Å². The number of likely N-dealkylation sites (N-methyl/N-ethyl adjacent to an activating group) is 1. The topological polar surface area (TPSA) is 23.5 Å². The maximum atomic E-state index is 9.15. The van der Waals surface area contributed by atoms with Crippen LogP contribution in [0.5, 0.6) is 0 Å². The van der Waals surface area contributed by atoms with Crippen molar-refractivity contribution in [2.45, 2.75) is 19.8 Å². The van der Waals surface area contributed by atoms with Gasteiger partial charge in [-0.15, -0.1) is 0 Å². The lowest BCUT2D eigenvalue weighted by Crippen LogP contribution is -2.12. The van der Waals surface area contributed by atoms with E-state index in [9.17, 15) is 0 Å². The molecule has 1 N–H and O–H groups in total. The number of anilines is 1. The summed E-state index contributed by atoms with van der Waals surface area (Å²) < 4.78 is 0. The minimum Gasteiger partial charge on any atom is -0.392 e. The molecule has 2 heteroatoms. The largest absolute Gasteiger partial charge is 0.392 e. The van der Waals surface area contributed by atoms with E-state index in [1.54, 1.807) is 0 Å². The van der Waals surface area contributed by atoms with Crippen LogP contribution in [0.1, 0.15) is 24.5 Å². The SMILES string of the molecule is CCC(=Cc1ccc2c(c1)CCN2C)CO. The number of fused-ring (bicyclic) bond motifs is 1. The minimum atomic E-state index is 0.160. The van der Waals surface area contributed by atoms with Gasteiger partial charge >= 0.3 is 0 Å². The van der Waals surface area contributed by atoms with E-state index in [0.717, 1.165) is 25.0 Å². The van der Waals surface area contributed by atoms with Crippen LogP contribution in [-0.4, -0.2) is 25.3 Å². The van der Waals surface area contributed by atoms with Gasteiger partial charge in [0.15, 0.2) is 0 Å². The highest BCUT2D eigenvalue weighted by atomic mass is 16.3. The Hall–Kier alpha value is -1.28. The number of aliphatic hydroxyl groups is 1. The summed E-state index contributed by atoms with van der Waals surface area (Å²) in [6, 6.07) is 6.55. The van der Waals surface area contributed by atoms with E-state index in [0.29, 0.717) is 0 Å². The Balaban J connectivity index is 2.29. The lowest BCUT2D eigenvalue weighted by molar-refractivity contribution is 0.329. The zero-order chi connectivity index (χ0) is 11.5. The molecule has 16 heavy (non-hydrogen) atoms. The standard InChI is InChI=1S/C14H19NO/c1-3-11(10-16)8-12-4-5-14-13(9-12)6-7-15(14)2/h4-5,8-9,16H,3,6-7,10H2,1-2H3. The second-order valence-electron chi connectivity index (χ2n) is 4.37. The molecular formula is C14H19NO. The van der Waals surface area contributed by atoms with Crippen LogP contribution in [-0.2, 0) is 6.42 Å². The molecule has 2 rings (SSSR count). The van der Waals surface area contributed by atoms with Gasteiger partial charge in [-0.3, -0.25) is 0 Å². The van der Waals surface area contributed by atoms with E-state index >= 15 is 0 Å². The first-order chi connectivity index (χ1) is 7.74. The third kappa shape index (κ3) is 2.12. The predicted molar refractivity (Wildman–Crippen MR) is 68.8 cm³/mol. The van der Waals surface area contributed by atoms with Crippen LogP contribution in [0.25, 0.3) is 6.08 Å². The number of aliphatic hydroxyl groups excluding tert-OH is 1. The Labute approximate surface area is 97.2 Å². The van der Waals surface area contributed by atoms with Crippen LogP contribution in [0.2, 0.25) is 0 Å². The van der Waals surface area contributed by atoms with Gasteiger partial charge in [-0.25, -0.2) is 0 Å². The summed E-state index contributed by atoms with van der Waals surface area (Å²) in [6.45, 7) is 3.35. The molecule has 1 aliphatic rings. The van der Waals surface area contributed by atoms with Crippen LogP contribution in [0.15, 0.2) is 23.8 Å². The van der Waals surface area contributed by atoms with E-state index in [4.69, 9.17) is 5.11 Å². The molecule has 0 unspecified atom stereocenters. The van der Waals surface area contributed by atoms with Gasteiger partial charge < -0.3 is 10.0 Å². The summed E-state index contributed by atoms with van der Waals surface area (Å²) in [4.78, 5) is 2.29. The molecule has 0 bridgehead atoms. The molecule has 0 amide bonds. The summed E-state index contributed by atoms with van der Waals surface area (Å²) >= 11 is 0. The maximum absolute atomic E-state index is 9.15. The number of benzene rings is 1. The van der Waals surface area contributed by atoms with Crippen LogP contribution >= 0.6 is 0 Å². The summed E-state index contributed by atoms with van der Waals surface area (Å²) in [5.74, 6) is 0. The third-order valence-corrected chi connectivity index (χ3v) is 3.26. The van der Waals surface area contributed by atoms with Crippen molar-refractivity contribution in [1.82, 2.24) is 0 Å². The van der Waals surface area contributed by atoms with E-state index < -0.39 is 0 Å². The maximum Gasteiger partial charge on any atom is 0.0644 e. The Bertz CT molecular complexity index is 403. The Morgan fingerprint density at radius 1 is 1.50 bits per heavy atom. The second-order valence-corrected chi connectivity index (χ2v) is 4.37. The molecule has 0 spiro atoms. The zero-order valence-electron chi connectivity index (χ0n) is 10.0. The smallest absolute Gasteiger partial charge is 0.0644 e. The lowest BCUT2D eigenvalue weighted by Gasteiger charge is -2.11. The Kier molecular flexibility index (Phi) is 3.30. The zero-order valence-corrected chi connectivity index (χ0v) is 10.0. The first-order valence-corrected chi connectivity index (χ1v) is 5.89. The molecule has 2 nitrogen and oxygen atoms in total. The first kappa shape index (κ1) is 11.2. The Morgan fingerprint density at radius 3 is 3.00 bits per heavy atom. The molecule has 86 valence electrons. The van der Waals surface area contributed by atoms with E-state index in [-0.39, 0.29) is 6.61 Å². The summed E-state index contributed by atoms with van der Waals surface area (Å²) in [5.41, 5.74) is 5.06. The highest BCUT2D eigenvalue weighted by Gasteiger charge is 2.14. The predicted octanol–water partition coefficient (Wildman–Crippen LogP) is 2.46. The first-order valence-electron chi connectivity index (χ1n) is 5.89. The Morgan fingerprint density at radius 2 is 2.31 bits per heavy atom. The number of hydrogen-bond donors (Lipinski definition) is 1. The molecule has 0 saturated heterocycles. The highest BCUT2D eigenvalue weighted by Crippen LogP contribution is 2.28. The van der Waals surface area contributed by atoms with Gasteiger partial charge in [-0.2, -0.15) is 0 Å². The average molecular weight is 217 g/mol. The van der Waals surface area contributed by atoms with Crippen LogP contribution < -0.4 is 4.90 Å².